The van der Waals surface area contributed by atoms with Crippen LogP contribution in [0, 0.1) is 27.2 Å². The van der Waals surface area contributed by atoms with Crippen LogP contribution in [-0.2, 0) is 30.3 Å². The molecule has 3 atom stereocenters. The molecule has 1 saturated heterocycles. The molecule has 6 aromatic carbocycles. The van der Waals surface area contributed by atoms with Crippen molar-refractivity contribution in [2.75, 3.05) is 13.2 Å². The summed E-state index contributed by atoms with van der Waals surface area (Å²) in [5, 5.41) is 71.8. The highest BCUT2D eigenvalue weighted by atomic mass is 127. The van der Waals surface area contributed by atoms with E-state index in [9.17, 15) is 28.8 Å². The minimum absolute atomic E-state index is 0.00318. The maximum absolute atomic E-state index is 12.9. The number of esters is 4. The van der Waals surface area contributed by atoms with E-state index in [2.05, 4.69) is 138 Å². The van der Waals surface area contributed by atoms with E-state index in [0.717, 1.165) is 80.2 Å². The van der Waals surface area contributed by atoms with Crippen LogP contribution in [0.15, 0.2) is 158 Å². The zero-order chi connectivity index (χ0) is 80.2. The Bertz CT molecular complexity index is 4860. The number of aromatic nitrogens is 20. The van der Waals surface area contributed by atoms with Gasteiger partial charge in [0.25, 0.3) is 5.91 Å². The third-order valence-corrected chi connectivity index (χ3v) is 23.1. The van der Waals surface area contributed by atoms with Gasteiger partial charge in [0.15, 0.2) is 0 Å². The van der Waals surface area contributed by atoms with E-state index in [-0.39, 0.29) is 55.1 Å². The predicted molar refractivity (Wildman–Crippen MR) is 432 cm³/mol. The number of tetrazole rings is 5. The number of likely N-dealkylation sites (tertiary alicyclic amines) is 1. The summed E-state index contributed by atoms with van der Waals surface area (Å²) in [7, 11) is 0. The van der Waals surface area contributed by atoms with Gasteiger partial charge in [0.05, 0.1) is 28.8 Å². The molecule has 0 bridgehead atoms. The van der Waals surface area contributed by atoms with Crippen molar-refractivity contribution in [2.24, 2.45) is 23.7 Å². The summed E-state index contributed by atoms with van der Waals surface area (Å²) >= 11 is 2.22. The van der Waals surface area contributed by atoms with E-state index in [1.165, 1.54) is 116 Å². The summed E-state index contributed by atoms with van der Waals surface area (Å²) < 4.78 is 23.5. The highest BCUT2D eigenvalue weighted by molar-refractivity contribution is 14.1. The van der Waals surface area contributed by atoms with Crippen LogP contribution in [0.3, 0.4) is 0 Å². The molecule has 5 aromatic heterocycles. The highest BCUT2D eigenvalue weighted by Gasteiger charge is 2.36. The van der Waals surface area contributed by atoms with Gasteiger partial charge in [-0.25, -0.2) is 19.2 Å². The van der Waals surface area contributed by atoms with Gasteiger partial charge < -0.3 is 29.2 Å². The second kappa shape index (κ2) is 41.8. The monoisotopic (exact) mass is 1680 g/mol. The third kappa shape index (κ3) is 23.1. The van der Waals surface area contributed by atoms with Crippen LogP contribution >= 0.6 is 22.6 Å². The number of allylic oxidation sites excluding steroid dienone is 1. The van der Waals surface area contributed by atoms with E-state index in [4.69, 9.17) is 18.9 Å². The maximum Gasteiger partial charge on any atom is 0.338 e. The van der Waals surface area contributed by atoms with Crippen molar-refractivity contribution in [1.29, 1.82) is 0 Å². The first kappa shape index (κ1) is 82.0. The van der Waals surface area contributed by atoms with Crippen molar-refractivity contribution in [1.82, 2.24) is 113 Å². The number of halogens is 1. The summed E-state index contributed by atoms with van der Waals surface area (Å²) in [5.41, 5.74) is 8.52. The first-order valence-electron chi connectivity index (χ1n) is 39.8. The minimum atomic E-state index is -0.443. The van der Waals surface area contributed by atoms with Crippen LogP contribution in [0.2, 0.25) is 0 Å². The fraction of sp³-hybridized carbons (Fsp3) is 0.410. The zero-order valence-electron chi connectivity index (χ0n) is 64.3. The Morgan fingerprint density at radius 3 is 1.26 bits per heavy atom. The van der Waals surface area contributed by atoms with Crippen molar-refractivity contribution < 1.29 is 47.7 Å². The number of H-pyrrole nitrogens is 5. The number of amides is 2. The van der Waals surface area contributed by atoms with Crippen LogP contribution in [0.4, 0.5) is 0 Å². The van der Waals surface area contributed by atoms with Gasteiger partial charge in [-0.1, -0.05) is 169 Å². The Kier molecular flexibility index (Phi) is 29.6. The molecule has 116 heavy (non-hydrogen) atoms. The first-order chi connectivity index (χ1) is 56.8. The molecule has 1 aliphatic heterocycles. The molecule has 2 amide bonds. The van der Waals surface area contributed by atoms with Gasteiger partial charge in [-0.3, -0.25) is 9.59 Å². The lowest BCUT2D eigenvalue weighted by Crippen LogP contribution is -2.36. The Morgan fingerprint density at radius 1 is 0.440 bits per heavy atom. The van der Waals surface area contributed by atoms with Gasteiger partial charge in [-0.05, 0) is 203 Å². The molecule has 6 fully saturated rings. The zero-order valence-corrected chi connectivity index (χ0v) is 66.5. The van der Waals surface area contributed by atoms with Crippen LogP contribution < -0.4 is 5.32 Å². The lowest BCUT2D eigenvalue weighted by Gasteiger charge is -2.38. The first-order valence-corrected chi connectivity index (χ1v) is 40.9. The van der Waals surface area contributed by atoms with E-state index >= 15 is 0 Å². The molecule has 11 aromatic rings. The highest BCUT2D eigenvalue weighted by Crippen LogP contribution is 2.42. The van der Waals surface area contributed by atoms with Crippen molar-refractivity contribution in [2.45, 2.75) is 179 Å². The molecule has 5 aliphatic carbocycles. The predicted octanol–water partition coefficient (Wildman–Crippen LogP) is 13.9. The minimum Gasteiger partial charge on any atom is -0.460 e. The molecule has 32 nitrogen and oxygen atoms in total. The van der Waals surface area contributed by atoms with Gasteiger partial charge in [0, 0.05) is 60.7 Å². The molecule has 6 N–H and O–H groups in total. The number of ether oxygens (including phenoxy) is 4. The third-order valence-electron chi connectivity index (χ3n) is 22.0. The number of hydrogen-bond acceptors (Lipinski definition) is 25. The summed E-state index contributed by atoms with van der Waals surface area (Å²) in [6, 6.07) is 43.4. The number of carbonyl (C=O) groups excluding carboxylic acids is 6. The van der Waals surface area contributed by atoms with E-state index < -0.39 is 5.97 Å². The van der Waals surface area contributed by atoms with Gasteiger partial charge in [-0.15, -0.1) is 51.0 Å². The number of benzene rings is 6. The van der Waals surface area contributed by atoms with Crippen molar-refractivity contribution in [3.63, 3.8) is 0 Å². The van der Waals surface area contributed by atoms with Crippen molar-refractivity contribution in [3.05, 3.63) is 195 Å². The number of nitrogens with zero attached hydrogens (tertiary/aromatic N) is 16. The Morgan fingerprint density at radius 2 is 0.836 bits per heavy atom. The second-order valence-electron chi connectivity index (χ2n) is 29.6. The van der Waals surface area contributed by atoms with Crippen LogP contribution in [0.1, 0.15) is 211 Å². The molecule has 602 valence electrons. The van der Waals surface area contributed by atoms with Crippen LogP contribution in [-0.4, -0.2) is 175 Å². The maximum atomic E-state index is 12.9. The molecule has 5 saturated carbocycles. The summed E-state index contributed by atoms with van der Waals surface area (Å²) in [4.78, 5) is 74.6. The number of carbonyl (C=O) groups is 6. The molecule has 0 spiro atoms. The molecule has 3 unspecified atom stereocenters. The van der Waals surface area contributed by atoms with Crippen molar-refractivity contribution >= 4 is 58.3 Å². The average Bonchev–Trinajstić information content (AvgIpc) is 1.15. The molecule has 33 heteroatoms. The normalized spacial score (nSPS) is 17.6. The number of nitrogens with one attached hydrogen (secondary N) is 6. The number of aromatic amines is 5. The summed E-state index contributed by atoms with van der Waals surface area (Å²) in [5.74, 6) is 3.99. The van der Waals surface area contributed by atoms with Crippen LogP contribution in [0.5, 0.6) is 0 Å². The van der Waals surface area contributed by atoms with E-state index in [1.807, 2.05) is 60.7 Å². The fourth-order valence-corrected chi connectivity index (χ4v) is 16.3. The smallest absolute Gasteiger partial charge is 0.338 e. The van der Waals surface area contributed by atoms with E-state index in [0.29, 0.717) is 94.2 Å². The quantitative estimate of drug-likeness (QED) is 0.0234. The largest absolute Gasteiger partial charge is 0.460 e. The van der Waals surface area contributed by atoms with Gasteiger partial charge in [0.2, 0.25) is 35.0 Å². The second-order valence-corrected chi connectivity index (χ2v) is 30.8. The lowest BCUT2D eigenvalue weighted by molar-refractivity contribution is -0.127. The summed E-state index contributed by atoms with van der Waals surface area (Å²) in [6.07, 6.45) is 28.3. The van der Waals surface area contributed by atoms with E-state index in [1.54, 1.807) is 89.8 Å². The Labute approximate surface area is 682 Å². The molecule has 6 heterocycles. The van der Waals surface area contributed by atoms with Gasteiger partial charge >= 0.3 is 23.9 Å². The molecular formula is C83H93IN22O10. The number of fused-ring (bicyclic) bond motifs is 1. The SMILES string of the molecule is C=C1CCC(=O)N1CCOC(=O)c1ccc(-c2nn[nH]n2)cc1.O=C(NC1CCCCC1)c1ccc(-c2nn[nH]n2)cc1.O=C(OC(C1CCCCC1)C1CCCCC1)c1ccc(-c2nn[nH]n2)cc1.O=C(OC1CCC2CCCCC2C1)c1ccc(-c2nn[nH]n2)cc1.O=C(OCc1ccccc1I)c1ccc(-c2nn[nH]n2)cc1. The van der Waals surface area contributed by atoms with Gasteiger partial charge in [-0.2, -0.15) is 26.1 Å². The standard InChI is InChI=1S/C21H28N4O2.C18H22N4O2.C15H11IN4O2.C15H15N5O3.C14H17N5O/c26-21(18-13-11-17(12-14-18)20-22-24-25-23-20)27-19(15-7-3-1-4-8-15)16-9-5-2-6-10-16;23-18(14-7-5-13(6-8-14)17-19-21-22-20-17)24-16-10-9-12-3-1-2-4-15(12)11-16;16-13-4-2-1-3-12(13)9-22-15(21)11-7-5-10(6-8-11)14-17-19-20-18-14;1-10-2-7-13(21)20(10)8-9-23-15(22)12-5-3-11(4-6-12)14-16-18-19-17-14;20-14(15-12-4-2-1-3-5-12)11-8-6-10(7-9-11)13-16-18-19-17-13/h11-16,19H,1-10H2,(H,22,23,24,25);5-8,12,15-16H,1-4,9-11H2,(H,19,20,21,22);1-8H,9H2,(H,17,18,19,20);3-6H,1-2,7-9H2,(H,16,17,18,19);6-9,12H,1-5H2,(H,15,20)(H,16,17,18,19). The van der Waals surface area contributed by atoms with Crippen LogP contribution in [0.25, 0.3) is 56.9 Å². The fourth-order valence-electron chi connectivity index (χ4n) is 15.7. The van der Waals surface area contributed by atoms with Gasteiger partial charge in [0.1, 0.15) is 25.4 Å². The molecule has 6 aliphatic rings. The lowest BCUT2D eigenvalue weighted by atomic mass is 9.70. The number of hydrogen-bond donors (Lipinski definition) is 6. The molecule has 17 rings (SSSR count). The number of rotatable bonds is 20. The Hall–Kier alpha value is -12.0. The topological polar surface area (TPSA) is 427 Å². The average molecular weight is 1690 g/mol. The molecular weight excluding hydrogens is 1590 g/mol. The summed E-state index contributed by atoms with van der Waals surface area (Å²) in [6.45, 7) is 4.55. The van der Waals surface area contributed by atoms with Crippen molar-refractivity contribution in [3.8, 4) is 56.9 Å². The molecule has 0 radical (unpaired) electrons. The Balaban J connectivity index is 0.000000127.